The van der Waals surface area contributed by atoms with Gasteiger partial charge in [-0.05, 0) is 38.1 Å². The topological polar surface area (TPSA) is 49.5 Å². The summed E-state index contributed by atoms with van der Waals surface area (Å²) in [6.07, 6.45) is 0. The van der Waals surface area contributed by atoms with E-state index in [-0.39, 0.29) is 0 Å². The molecule has 0 aromatic heterocycles. The maximum atomic E-state index is 9.87. The molecular weight excluding hydrogens is 236 g/mol. The molecule has 0 radical (unpaired) electrons. The van der Waals surface area contributed by atoms with Gasteiger partial charge in [-0.15, -0.1) is 0 Å². The van der Waals surface area contributed by atoms with E-state index in [1.165, 1.54) is 5.56 Å². The van der Waals surface area contributed by atoms with E-state index in [0.29, 0.717) is 13.1 Å². The molecule has 0 atom stereocenters. The Kier molecular flexibility index (Phi) is 6.04. The molecule has 0 unspecified atom stereocenters. The van der Waals surface area contributed by atoms with Crippen LogP contribution in [0.1, 0.15) is 31.9 Å². The van der Waals surface area contributed by atoms with Crippen molar-refractivity contribution in [3.63, 3.8) is 0 Å². The predicted molar refractivity (Wildman–Crippen MR) is 79.6 cm³/mol. The van der Waals surface area contributed by atoms with Crippen molar-refractivity contribution in [3.05, 3.63) is 35.4 Å². The van der Waals surface area contributed by atoms with Gasteiger partial charge in [-0.2, -0.15) is 0 Å². The Morgan fingerprint density at radius 2 is 1.89 bits per heavy atom. The van der Waals surface area contributed by atoms with Crippen molar-refractivity contribution in [2.75, 3.05) is 19.6 Å². The molecule has 0 aliphatic heterocycles. The summed E-state index contributed by atoms with van der Waals surface area (Å²) in [7, 11) is 0. The first-order valence-electron chi connectivity index (χ1n) is 6.67. The lowest BCUT2D eigenvalue weighted by molar-refractivity contribution is 0.0353. The Morgan fingerprint density at radius 3 is 2.37 bits per heavy atom. The molecule has 3 heteroatoms. The molecule has 0 fully saturated rings. The lowest BCUT2D eigenvalue weighted by Gasteiger charge is -2.28. The SMILES string of the molecule is CCN(Cc1ccc(C#CCN)cc1)CC(C)(C)O. The molecule has 0 amide bonds. The summed E-state index contributed by atoms with van der Waals surface area (Å²) in [4.78, 5) is 2.22. The van der Waals surface area contributed by atoms with Crippen LogP contribution in [0.5, 0.6) is 0 Å². The summed E-state index contributed by atoms with van der Waals surface area (Å²) in [6, 6.07) is 8.17. The minimum Gasteiger partial charge on any atom is -0.389 e. The highest BCUT2D eigenvalue weighted by Gasteiger charge is 2.17. The van der Waals surface area contributed by atoms with E-state index >= 15 is 0 Å². The number of benzene rings is 1. The molecule has 0 bridgehead atoms. The molecular formula is C16H24N2O. The first kappa shape index (κ1) is 15.7. The molecule has 1 rings (SSSR count). The summed E-state index contributed by atoms with van der Waals surface area (Å²) in [5.74, 6) is 5.85. The van der Waals surface area contributed by atoms with Crippen LogP contribution in [-0.2, 0) is 6.54 Å². The van der Waals surface area contributed by atoms with Gasteiger partial charge in [0.05, 0.1) is 12.1 Å². The Labute approximate surface area is 116 Å². The molecule has 0 aliphatic carbocycles. The molecule has 0 saturated carbocycles. The second-order valence-corrected chi connectivity index (χ2v) is 5.32. The smallest absolute Gasteiger partial charge is 0.0718 e. The number of likely N-dealkylation sites (N-methyl/N-ethyl adjacent to an activating group) is 1. The monoisotopic (exact) mass is 260 g/mol. The van der Waals surface area contributed by atoms with Crippen LogP contribution in [0.25, 0.3) is 0 Å². The third kappa shape index (κ3) is 6.40. The molecule has 1 aromatic rings. The van der Waals surface area contributed by atoms with Crippen LogP contribution >= 0.6 is 0 Å². The van der Waals surface area contributed by atoms with Crippen LogP contribution in [0.2, 0.25) is 0 Å². The summed E-state index contributed by atoms with van der Waals surface area (Å²) in [5.41, 5.74) is 6.89. The van der Waals surface area contributed by atoms with Crippen LogP contribution < -0.4 is 5.73 Å². The molecule has 3 nitrogen and oxygen atoms in total. The van der Waals surface area contributed by atoms with Crippen LogP contribution in [-0.4, -0.2) is 35.2 Å². The summed E-state index contributed by atoms with van der Waals surface area (Å²) >= 11 is 0. The predicted octanol–water partition coefficient (Wildman–Crippen LogP) is 1.59. The molecule has 0 spiro atoms. The highest BCUT2D eigenvalue weighted by atomic mass is 16.3. The van der Waals surface area contributed by atoms with Gasteiger partial charge in [0.15, 0.2) is 0 Å². The number of aliphatic hydroxyl groups is 1. The molecule has 1 aromatic carbocycles. The molecule has 0 aliphatic rings. The first-order chi connectivity index (χ1) is 8.94. The third-order valence-corrected chi connectivity index (χ3v) is 2.75. The van der Waals surface area contributed by atoms with E-state index in [9.17, 15) is 5.11 Å². The van der Waals surface area contributed by atoms with Crippen molar-refractivity contribution in [1.29, 1.82) is 0 Å². The summed E-state index contributed by atoms with van der Waals surface area (Å²) in [6.45, 7) is 8.58. The van der Waals surface area contributed by atoms with Crippen LogP contribution in [0, 0.1) is 11.8 Å². The van der Waals surface area contributed by atoms with E-state index in [1.807, 2.05) is 26.0 Å². The minimum absolute atomic E-state index is 0.386. The lowest BCUT2D eigenvalue weighted by Crippen LogP contribution is -2.38. The fourth-order valence-electron chi connectivity index (χ4n) is 1.93. The molecule has 0 saturated heterocycles. The van der Waals surface area contributed by atoms with E-state index in [0.717, 1.165) is 18.7 Å². The van der Waals surface area contributed by atoms with Crippen LogP contribution in [0.15, 0.2) is 24.3 Å². The summed E-state index contributed by atoms with van der Waals surface area (Å²) < 4.78 is 0. The van der Waals surface area contributed by atoms with E-state index in [1.54, 1.807) is 0 Å². The van der Waals surface area contributed by atoms with Gasteiger partial charge in [-0.3, -0.25) is 4.90 Å². The number of nitrogens with two attached hydrogens (primary N) is 1. The average Bonchev–Trinajstić information content (AvgIpc) is 2.35. The fourth-order valence-corrected chi connectivity index (χ4v) is 1.93. The van der Waals surface area contributed by atoms with Gasteiger partial charge in [0.2, 0.25) is 0 Å². The Hall–Kier alpha value is -1.34. The zero-order valence-electron chi connectivity index (χ0n) is 12.1. The van der Waals surface area contributed by atoms with Gasteiger partial charge in [0.25, 0.3) is 0 Å². The third-order valence-electron chi connectivity index (χ3n) is 2.75. The fraction of sp³-hybridized carbons (Fsp3) is 0.500. The first-order valence-corrected chi connectivity index (χ1v) is 6.67. The zero-order chi connectivity index (χ0) is 14.3. The highest BCUT2D eigenvalue weighted by molar-refractivity contribution is 5.36. The quantitative estimate of drug-likeness (QED) is 0.791. The van der Waals surface area contributed by atoms with Crippen molar-refractivity contribution >= 4 is 0 Å². The maximum absolute atomic E-state index is 9.87. The number of rotatable bonds is 5. The Morgan fingerprint density at radius 1 is 1.26 bits per heavy atom. The van der Waals surface area contributed by atoms with Crippen LogP contribution in [0.3, 0.4) is 0 Å². The molecule has 0 heterocycles. The summed E-state index contributed by atoms with van der Waals surface area (Å²) in [5, 5.41) is 9.87. The van der Waals surface area contributed by atoms with Crippen molar-refractivity contribution in [3.8, 4) is 11.8 Å². The normalized spacial score (nSPS) is 11.3. The standard InChI is InChI=1S/C16H24N2O/c1-4-18(13-16(2,3)19)12-15-9-7-14(8-10-15)6-5-11-17/h7-10,19H,4,11-13,17H2,1-3H3. The number of hydrogen-bond donors (Lipinski definition) is 2. The van der Waals surface area contributed by atoms with Gasteiger partial charge < -0.3 is 10.8 Å². The minimum atomic E-state index is -0.664. The van der Waals surface area contributed by atoms with Crippen molar-refractivity contribution in [1.82, 2.24) is 4.90 Å². The molecule has 19 heavy (non-hydrogen) atoms. The molecule has 104 valence electrons. The second kappa shape index (κ2) is 7.30. The van der Waals surface area contributed by atoms with E-state index in [2.05, 4.69) is 35.8 Å². The maximum Gasteiger partial charge on any atom is 0.0718 e. The molecule has 3 N–H and O–H groups in total. The number of hydrogen-bond acceptors (Lipinski definition) is 3. The average molecular weight is 260 g/mol. The van der Waals surface area contributed by atoms with Gasteiger partial charge in [0.1, 0.15) is 0 Å². The second-order valence-electron chi connectivity index (χ2n) is 5.32. The van der Waals surface area contributed by atoms with E-state index in [4.69, 9.17) is 5.73 Å². The van der Waals surface area contributed by atoms with Crippen LogP contribution in [0.4, 0.5) is 0 Å². The largest absolute Gasteiger partial charge is 0.389 e. The van der Waals surface area contributed by atoms with E-state index < -0.39 is 5.60 Å². The van der Waals surface area contributed by atoms with Crippen molar-refractivity contribution in [2.24, 2.45) is 5.73 Å². The highest BCUT2D eigenvalue weighted by Crippen LogP contribution is 2.10. The lowest BCUT2D eigenvalue weighted by atomic mass is 10.1. The van der Waals surface area contributed by atoms with Gasteiger partial charge in [0, 0.05) is 18.7 Å². The zero-order valence-corrected chi connectivity index (χ0v) is 12.1. The number of nitrogens with zero attached hydrogens (tertiary/aromatic N) is 1. The van der Waals surface area contributed by atoms with Crippen molar-refractivity contribution in [2.45, 2.75) is 32.9 Å². The van der Waals surface area contributed by atoms with Gasteiger partial charge in [-0.1, -0.05) is 30.9 Å². The Balaban J connectivity index is 2.65. The van der Waals surface area contributed by atoms with Gasteiger partial charge in [-0.25, -0.2) is 0 Å². The van der Waals surface area contributed by atoms with Crippen molar-refractivity contribution < 1.29 is 5.11 Å². The van der Waals surface area contributed by atoms with Gasteiger partial charge >= 0.3 is 0 Å². The Bertz CT molecular complexity index is 435.